The Morgan fingerprint density at radius 1 is 1.09 bits per heavy atom. The summed E-state index contributed by atoms with van der Waals surface area (Å²) in [6.07, 6.45) is 5.03. The molecule has 3 aromatic rings. The molecule has 1 fully saturated rings. The quantitative estimate of drug-likeness (QED) is 0.433. The zero-order valence-corrected chi connectivity index (χ0v) is 18.5. The molecule has 10 heteroatoms. The standard InChI is InChI=1S/C22H25N7O2S/c1-13-11-18(32-29-13)28-21-19(20(23)30)24-12-17(27-21)25-15-7-9-16(10-8-15)26-22(31)14-5-3-2-4-6-14/h2-6,11-12,15-16H,7-10H2,1H3,(H2,23,30)(H,26,31)(H2,25,27,28). The molecule has 1 saturated carbocycles. The van der Waals surface area contributed by atoms with Gasteiger partial charge in [0.1, 0.15) is 10.8 Å². The van der Waals surface area contributed by atoms with E-state index in [1.807, 2.05) is 43.3 Å². The Balaban J connectivity index is 1.36. The topological polar surface area (TPSA) is 135 Å². The van der Waals surface area contributed by atoms with Crippen molar-refractivity contribution in [3.63, 3.8) is 0 Å². The van der Waals surface area contributed by atoms with Gasteiger partial charge in [-0.2, -0.15) is 4.37 Å². The van der Waals surface area contributed by atoms with Crippen LogP contribution in [0.1, 0.15) is 52.2 Å². The summed E-state index contributed by atoms with van der Waals surface area (Å²) < 4.78 is 4.22. The molecule has 2 amide bonds. The first-order valence-electron chi connectivity index (χ1n) is 10.5. The largest absolute Gasteiger partial charge is 0.366 e. The first kappa shape index (κ1) is 21.7. The number of benzene rings is 1. The molecule has 2 heterocycles. The van der Waals surface area contributed by atoms with Gasteiger partial charge in [-0.1, -0.05) is 18.2 Å². The van der Waals surface area contributed by atoms with Crippen molar-refractivity contribution in [3.05, 3.63) is 59.5 Å². The van der Waals surface area contributed by atoms with E-state index in [9.17, 15) is 9.59 Å². The molecule has 0 spiro atoms. The molecule has 5 N–H and O–H groups in total. The van der Waals surface area contributed by atoms with Crippen LogP contribution in [0.2, 0.25) is 0 Å². The second-order valence-electron chi connectivity index (χ2n) is 7.81. The van der Waals surface area contributed by atoms with Gasteiger partial charge in [-0.3, -0.25) is 9.59 Å². The van der Waals surface area contributed by atoms with Gasteiger partial charge in [0.25, 0.3) is 11.8 Å². The van der Waals surface area contributed by atoms with Gasteiger partial charge in [0.15, 0.2) is 11.5 Å². The lowest BCUT2D eigenvalue weighted by atomic mass is 9.91. The molecule has 0 bridgehead atoms. The Kier molecular flexibility index (Phi) is 6.60. The summed E-state index contributed by atoms with van der Waals surface area (Å²) in [5.41, 5.74) is 7.08. The number of rotatable bonds is 7. The van der Waals surface area contributed by atoms with Gasteiger partial charge >= 0.3 is 0 Å². The first-order chi connectivity index (χ1) is 15.5. The second kappa shape index (κ2) is 9.73. The molecule has 9 nitrogen and oxygen atoms in total. The molecule has 0 saturated heterocycles. The normalized spacial score (nSPS) is 18.0. The molecule has 32 heavy (non-hydrogen) atoms. The molecular weight excluding hydrogens is 426 g/mol. The first-order valence-corrected chi connectivity index (χ1v) is 11.2. The van der Waals surface area contributed by atoms with Crippen LogP contribution in [0.5, 0.6) is 0 Å². The van der Waals surface area contributed by atoms with Crippen LogP contribution in [0.4, 0.5) is 16.6 Å². The maximum absolute atomic E-state index is 12.4. The van der Waals surface area contributed by atoms with Gasteiger partial charge in [0.2, 0.25) is 0 Å². The Hall–Kier alpha value is -3.53. The van der Waals surface area contributed by atoms with Gasteiger partial charge < -0.3 is 21.7 Å². The number of hydrogen-bond donors (Lipinski definition) is 4. The summed E-state index contributed by atoms with van der Waals surface area (Å²) in [7, 11) is 0. The molecular formula is C22H25N7O2S. The van der Waals surface area contributed by atoms with Crippen molar-refractivity contribution in [1.82, 2.24) is 19.7 Å². The van der Waals surface area contributed by atoms with E-state index in [2.05, 4.69) is 30.3 Å². The summed E-state index contributed by atoms with van der Waals surface area (Å²) in [4.78, 5) is 32.8. The van der Waals surface area contributed by atoms with Crippen molar-refractivity contribution in [2.45, 2.75) is 44.7 Å². The van der Waals surface area contributed by atoms with E-state index in [4.69, 9.17) is 5.73 Å². The lowest BCUT2D eigenvalue weighted by Crippen LogP contribution is -2.40. The summed E-state index contributed by atoms with van der Waals surface area (Å²) >= 11 is 1.27. The van der Waals surface area contributed by atoms with E-state index in [0.717, 1.165) is 36.4 Å². The van der Waals surface area contributed by atoms with Crippen LogP contribution in [0.3, 0.4) is 0 Å². The van der Waals surface area contributed by atoms with Crippen molar-refractivity contribution in [2.24, 2.45) is 5.73 Å². The third-order valence-corrected chi connectivity index (χ3v) is 6.12. The fraction of sp³-hybridized carbons (Fsp3) is 0.318. The molecule has 1 aliphatic rings. The smallest absolute Gasteiger partial charge is 0.271 e. The fourth-order valence-corrected chi connectivity index (χ4v) is 4.38. The highest BCUT2D eigenvalue weighted by Crippen LogP contribution is 2.25. The summed E-state index contributed by atoms with van der Waals surface area (Å²) in [5, 5.41) is 10.4. The fourth-order valence-electron chi connectivity index (χ4n) is 3.71. The Morgan fingerprint density at radius 3 is 2.47 bits per heavy atom. The van der Waals surface area contributed by atoms with E-state index >= 15 is 0 Å². The van der Waals surface area contributed by atoms with Gasteiger partial charge in [-0.15, -0.1) is 0 Å². The number of carbonyl (C=O) groups excluding carboxylic acids is 2. The van der Waals surface area contributed by atoms with E-state index in [1.54, 1.807) is 0 Å². The average molecular weight is 452 g/mol. The number of aromatic nitrogens is 3. The molecule has 0 radical (unpaired) electrons. The predicted octanol–water partition coefficient (Wildman–Crippen LogP) is 3.24. The number of anilines is 3. The van der Waals surface area contributed by atoms with Crippen molar-refractivity contribution in [3.8, 4) is 0 Å². The average Bonchev–Trinajstić information content (AvgIpc) is 3.20. The minimum Gasteiger partial charge on any atom is -0.366 e. The molecule has 166 valence electrons. The number of hydrogen-bond acceptors (Lipinski definition) is 8. The number of nitrogens with zero attached hydrogens (tertiary/aromatic N) is 3. The predicted molar refractivity (Wildman–Crippen MR) is 124 cm³/mol. The van der Waals surface area contributed by atoms with Gasteiger partial charge in [0, 0.05) is 17.6 Å². The van der Waals surface area contributed by atoms with Crippen molar-refractivity contribution in [2.75, 3.05) is 10.6 Å². The lowest BCUT2D eigenvalue weighted by Gasteiger charge is -2.30. The van der Waals surface area contributed by atoms with Crippen LogP contribution >= 0.6 is 11.5 Å². The van der Waals surface area contributed by atoms with Crippen LogP contribution in [-0.2, 0) is 0 Å². The van der Waals surface area contributed by atoms with Crippen molar-refractivity contribution >= 4 is 40.0 Å². The van der Waals surface area contributed by atoms with Gasteiger partial charge in [-0.25, -0.2) is 9.97 Å². The molecule has 1 aliphatic carbocycles. The number of amides is 2. The molecule has 2 aromatic heterocycles. The Morgan fingerprint density at radius 2 is 1.81 bits per heavy atom. The number of nitrogens with two attached hydrogens (primary N) is 1. The highest BCUT2D eigenvalue weighted by atomic mass is 32.1. The highest BCUT2D eigenvalue weighted by Gasteiger charge is 2.23. The molecule has 1 aromatic carbocycles. The minimum atomic E-state index is -0.651. The van der Waals surface area contributed by atoms with Gasteiger partial charge in [-0.05, 0) is 62.3 Å². The number of aryl methyl sites for hydroxylation is 1. The number of nitrogens with one attached hydrogen (secondary N) is 3. The third kappa shape index (κ3) is 5.38. The Labute approximate surface area is 190 Å². The number of primary amides is 1. The molecule has 0 unspecified atom stereocenters. The monoisotopic (exact) mass is 451 g/mol. The van der Waals surface area contributed by atoms with Gasteiger partial charge in [0.05, 0.1) is 11.9 Å². The highest BCUT2D eigenvalue weighted by molar-refractivity contribution is 7.10. The second-order valence-corrected chi connectivity index (χ2v) is 8.61. The Bertz CT molecular complexity index is 1090. The van der Waals surface area contributed by atoms with Crippen molar-refractivity contribution < 1.29 is 9.59 Å². The minimum absolute atomic E-state index is 0.0380. The number of carbonyl (C=O) groups is 2. The van der Waals surface area contributed by atoms with E-state index < -0.39 is 5.91 Å². The maximum atomic E-state index is 12.4. The maximum Gasteiger partial charge on any atom is 0.271 e. The lowest BCUT2D eigenvalue weighted by molar-refractivity contribution is 0.0925. The SMILES string of the molecule is Cc1cc(Nc2nc(NC3CCC(NC(=O)c4ccccc4)CC3)cnc2C(N)=O)sn1. The third-order valence-electron chi connectivity index (χ3n) is 5.33. The van der Waals surface area contributed by atoms with Crippen LogP contribution in [0.25, 0.3) is 0 Å². The zero-order chi connectivity index (χ0) is 22.5. The van der Waals surface area contributed by atoms with Crippen LogP contribution in [0, 0.1) is 6.92 Å². The summed E-state index contributed by atoms with van der Waals surface area (Å²) in [6, 6.07) is 11.5. The molecule has 0 atom stereocenters. The van der Waals surface area contributed by atoms with Crippen molar-refractivity contribution in [1.29, 1.82) is 0 Å². The van der Waals surface area contributed by atoms with E-state index in [-0.39, 0.29) is 23.7 Å². The molecule has 4 rings (SSSR count). The van der Waals surface area contributed by atoms with Crippen LogP contribution in [0.15, 0.2) is 42.6 Å². The zero-order valence-electron chi connectivity index (χ0n) is 17.7. The van der Waals surface area contributed by atoms with Crippen LogP contribution < -0.4 is 21.7 Å². The summed E-state index contributed by atoms with van der Waals surface area (Å²) in [5.74, 6) is 0.178. The van der Waals surface area contributed by atoms with E-state index in [0.29, 0.717) is 17.2 Å². The summed E-state index contributed by atoms with van der Waals surface area (Å²) in [6.45, 7) is 1.89. The molecule has 0 aliphatic heterocycles. The van der Waals surface area contributed by atoms with Crippen LogP contribution in [-0.4, -0.2) is 38.2 Å². The van der Waals surface area contributed by atoms with E-state index in [1.165, 1.54) is 17.7 Å².